The lowest BCUT2D eigenvalue weighted by atomic mass is 10.1. The Morgan fingerprint density at radius 3 is 2.50 bits per heavy atom. The van der Waals surface area contributed by atoms with Gasteiger partial charge in [0.2, 0.25) is 0 Å². The fourth-order valence-electron chi connectivity index (χ4n) is 1.03. The van der Waals surface area contributed by atoms with E-state index < -0.39 is 5.97 Å². The first-order valence-electron chi connectivity index (χ1n) is 3.95. The molecule has 0 aliphatic heterocycles. The topological polar surface area (TPSA) is 131 Å². The Balaban J connectivity index is 0. The molecule has 1 aromatic carbocycles. The number of aromatic carboxylic acids is 1. The summed E-state index contributed by atoms with van der Waals surface area (Å²) in [5.41, 5.74) is 6.69. The Labute approximate surface area is 98.7 Å². The third-order valence-corrected chi connectivity index (χ3v) is 1.75. The summed E-state index contributed by atoms with van der Waals surface area (Å²) in [7, 11) is 0. The van der Waals surface area contributed by atoms with E-state index in [0.717, 1.165) is 5.56 Å². The summed E-state index contributed by atoms with van der Waals surface area (Å²) in [4.78, 5) is 10.6. The molecule has 1 rings (SSSR count). The van der Waals surface area contributed by atoms with Gasteiger partial charge in [-0.1, -0.05) is 6.07 Å². The van der Waals surface area contributed by atoms with Gasteiger partial charge in [-0.15, -0.1) is 12.4 Å². The first-order valence-corrected chi connectivity index (χ1v) is 3.95. The number of carboxylic acids is 1. The van der Waals surface area contributed by atoms with Gasteiger partial charge in [0.1, 0.15) is 0 Å². The minimum atomic E-state index is -1.00. The number of carboxylic acid groups (broad SMARTS) is 1. The molecule has 0 saturated heterocycles. The first kappa shape index (κ1) is 16.6. The number of aryl methyl sites for hydroxylation is 1. The van der Waals surface area contributed by atoms with Crippen LogP contribution in [-0.2, 0) is 0 Å². The van der Waals surface area contributed by atoms with Crippen LogP contribution in [0.1, 0.15) is 15.9 Å². The Hall–Kier alpha value is -1.79. The van der Waals surface area contributed by atoms with Crippen LogP contribution < -0.4 is 11.1 Å². The highest BCUT2D eigenvalue weighted by Crippen LogP contribution is 2.16. The minimum Gasteiger partial charge on any atom is -0.478 e. The molecule has 0 radical (unpaired) electrons. The van der Waals surface area contributed by atoms with Gasteiger partial charge in [-0.25, -0.2) is 4.79 Å². The van der Waals surface area contributed by atoms with Gasteiger partial charge in [0.15, 0.2) is 5.96 Å². The van der Waals surface area contributed by atoms with Crippen molar-refractivity contribution in [1.29, 1.82) is 5.41 Å². The maximum Gasteiger partial charge on any atom is 0.335 e. The van der Waals surface area contributed by atoms with Crippen LogP contribution in [0.5, 0.6) is 0 Å². The molecular formula is C9H14ClN3O3. The molecule has 0 saturated carbocycles. The molecule has 7 heteroatoms. The second-order valence-corrected chi connectivity index (χ2v) is 2.87. The zero-order valence-electron chi connectivity index (χ0n) is 8.57. The Morgan fingerprint density at radius 1 is 1.50 bits per heavy atom. The van der Waals surface area contributed by atoms with Crippen molar-refractivity contribution in [1.82, 2.24) is 0 Å². The summed E-state index contributed by atoms with van der Waals surface area (Å²) in [5, 5.41) is 18.3. The lowest BCUT2D eigenvalue weighted by molar-refractivity contribution is 0.0697. The second kappa shape index (κ2) is 6.65. The number of halogens is 1. The molecule has 0 spiro atoms. The van der Waals surface area contributed by atoms with E-state index in [-0.39, 0.29) is 29.4 Å². The van der Waals surface area contributed by atoms with Crippen molar-refractivity contribution in [2.24, 2.45) is 5.73 Å². The van der Waals surface area contributed by atoms with Gasteiger partial charge in [0.25, 0.3) is 0 Å². The van der Waals surface area contributed by atoms with Gasteiger partial charge < -0.3 is 21.6 Å². The van der Waals surface area contributed by atoms with Gasteiger partial charge in [-0.05, 0) is 24.6 Å². The lowest BCUT2D eigenvalue weighted by Gasteiger charge is -2.07. The van der Waals surface area contributed by atoms with Crippen molar-refractivity contribution in [3.8, 4) is 0 Å². The summed E-state index contributed by atoms with van der Waals surface area (Å²) >= 11 is 0. The number of hydrogen-bond donors (Lipinski definition) is 4. The molecule has 16 heavy (non-hydrogen) atoms. The largest absolute Gasteiger partial charge is 0.478 e. The Morgan fingerprint density at radius 2 is 2.06 bits per heavy atom. The van der Waals surface area contributed by atoms with E-state index >= 15 is 0 Å². The van der Waals surface area contributed by atoms with Crippen molar-refractivity contribution >= 4 is 30.0 Å². The van der Waals surface area contributed by atoms with Crippen molar-refractivity contribution in [2.75, 3.05) is 5.32 Å². The molecular weight excluding hydrogens is 234 g/mol. The molecule has 90 valence electrons. The predicted octanol–water partition coefficient (Wildman–Crippen LogP) is 0.596. The first-order chi connectivity index (χ1) is 6.50. The van der Waals surface area contributed by atoms with Gasteiger partial charge in [-0.3, -0.25) is 5.41 Å². The van der Waals surface area contributed by atoms with Gasteiger partial charge in [0, 0.05) is 5.69 Å². The average Bonchev–Trinajstić information content (AvgIpc) is 2.07. The zero-order chi connectivity index (χ0) is 10.7. The highest BCUT2D eigenvalue weighted by molar-refractivity contribution is 5.94. The summed E-state index contributed by atoms with van der Waals surface area (Å²) in [6.45, 7) is 1.80. The predicted molar refractivity (Wildman–Crippen MR) is 64.5 cm³/mol. The van der Waals surface area contributed by atoms with Crippen LogP contribution in [0.2, 0.25) is 0 Å². The van der Waals surface area contributed by atoms with Crippen molar-refractivity contribution in [2.45, 2.75) is 6.92 Å². The number of nitrogens with one attached hydrogen (secondary N) is 2. The Bertz CT molecular complexity index is 396. The average molecular weight is 248 g/mol. The normalized spacial score (nSPS) is 8.31. The van der Waals surface area contributed by atoms with Crippen LogP contribution in [0.15, 0.2) is 18.2 Å². The van der Waals surface area contributed by atoms with Crippen LogP contribution in [0.25, 0.3) is 0 Å². The summed E-state index contributed by atoms with van der Waals surface area (Å²) < 4.78 is 0. The van der Waals surface area contributed by atoms with E-state index in [9.17, 15) is 4.79 Å². The van der Waals surface area contributed by atoms with Gasteiger partial charge >= 0.3 is 5.97 Å². The van der Waals surface area contributed by atoms with Crippen LogP contribution in [0.3, 0.4) is 0 Å². The summed E-state index contributed by atoms with van der Waals surface area (Å²) in [6.07, 6.45) is 0. The molecule has 0 atom stereocenters. The second-order valence-electron chi connectivity index (χ2n) is 2.87. The number of hydrogen-bond acceptors (Lipinski definition) is 2. The van der Waals surface area contributed by atoms with Crippen molar-refractivity contribution in [3.05, 3.63) is 29.3 Å². The van der Waals surface area contributed by atoms with E-state index in [1.807, 2.05) is 0 Å². The van der Waals surface area contributed by atoms with Gasteiger partial charge in [0.05, 0.1) is 5.56 Å². The number of carbonyl (C=O) groups is 1. The highest BCUT2D eigenvalue weighted by Gasteiger charge is 2.05. The quantitative estimate of drug-likeness (QED) is 0.450. The molecule has 0 amide bonds. The van der Waals surface area contributed by atoms with Crippen molar-refractivity contribution in [3.63, 3.8) is 0 Å². The zero-order valence-corrected chi connectivity index (χ0v) is 9.39. The fraction of sp³-hybridized carbons (Fsp3) is 0.111. The smallest absolute Gasteiger partial charge is 0.335 e. The van der Waals surface area contributed by atoms with E-state index in [0.29, 0.717) is 5.69 Å². The maximum atomic E-state index is 10.6. The third-order valence-electron chi connectivity index (χ3n) is 1.75. The summed E-state index contributed by atoms with van der Waals surface area (Å²) in [6, 6.07) is 4.61. The standard InChI is InChI=1S/C9H11N3O2.ClH.H2O/c1-5-2-3-6(8(13)14)4-7(5)12-9(10)11;;/h2-4H,1H3,(H,13,14)(H4,10,11,12);1H;1H2. The van der Waals surface area contributed by atoms with E-state index in [4.69, 9.17) is 16.2 Å². The van der Waals surface area contributed by atoms with Crippen LogP contribution in [-0.4, -0.2) is 22.5 Å². The molecule has 7 N–H and O–H groups in total. The molecule has 0 fully saturated rings. The number of nitrogens with two attached hydrogens (primary N) is 1. The van der Waals surface area contributed by atoms with E-state index in [2.05, 4.69) is 5.32 Å². The molecule has 6 nitrogen and oxygen atoms in total. The highest BCUT2D eigenvalue weighted by atomic mass is 35.5. The number of rotatable bonds is 2. The van der Waals surface area contributed by atoms with Crippen molar-refractivity contribution < 1.29 is 15.4 Å². The number of anilines is 1. The van der Waals surface area contributed by atoms with Crippen LogP contribution in [0.4, 0.5) is 5.69 Å². The SMILES string of the molecule is Cc1ccc(C(=O)O)cc1NC(=N)N.Cl.O. The molecule has 0 bridgehead atoms. The fourth-order valence-corrected chi connectivity index (χ4v) is 1.03. The number of guanidine groups is 1. The maximum absolute atomic E-state index is 10.6. The molecule has 1 aromatic rings. The molecule has 0 aliphatic rings. The molecule has 0 unspecified atom stereocenters. The lowest BCUT2D eigenvalue weighted by Crippen LogP contribution is -2.21. The Kier molecular flexibility index (Phi) is 6.91. The molecule has 0 aliphatic carbocycles. The molecule has 0 aromatic heterocycles. The van der Waals surface area contributed by atoms with Crippen LogP contribution in [0, 0.1) is 12.3 Å². The monoisotopic (exact) mass is 247 g/mol. The van der Waals surface area contributed by atoms with E-state index in [1.54, 1.807) is 13.0 Å². The summed E-state index contributed by atoms with van der Waals surface area (Å²) in [5.74, 6) is -1.22. The molecule has 0 heterocycles. The van der Waals surface area contributed by atoms with Gasteiger partial charge in [-0.2, -0.15) is 0 Å². The number of benzene rings is 1. The van der Waals surface area contributed by atoms with Crippen LogP contribution >= 0.6 is 12.4 Å². The third kappa shape index (κ3) is 4.16. The minimum absolute atomic E-state index is 0. The van der Waals surface area contributed by atoms with E-state index in [1.165, 1.54) is 12.1 Å².